The molecule has 1 N–H and O–H groups in total. The van der Waals surface area contributed by atoms with E-state index in [9.17, 15) is 9.59 Å². The zero-order chi connectivity index (χ0) is 12.0. The van der Waals surface area contributed by atoms with Gasteiger partial charge in [0, 0.05) is 0 Å². The third-order valence-corrected chi connectivity index (χ3v) is 1.87. The van der Waals surface area contributed by atoms with Crippen LogP contribution in [0.25, 0.3) is 0 Å². The number of rotatable bonds is 5. The number of carbonyl (C=O) groups excluding carboxylic acids is 2. The average Bonchev–Trinajstić information content (AvgIpc) is 2.61. The Labute approximate surface area is 93.8 Å². The molecule has 0 atom stereocenters. The van der Waals surface area contributed by atoms with Crippen LogP contribution in [-0.2, 0) is 20.9 Å². The molecule has 1 aromatic rings. The van der Waals surface area contributed by atoms with Gasteiger partial charge in [0.2, 0.25) is 5.91 Å². The predicted octanol–water partition coefficient (Wildman–Crippen LogP) is 1.16. The summed E-state index contributed by atoms with van der Waals surface area (Å²) in [6, 6.07) is 3.59. The van der Waals surface area contributed by atoms with Gasteiger partial charge in [0.25, 0.3) is 0 Å². The number of esters is 1. The van der Waals surface area contributed by atoms with Gasteiger partial charge in [-0.25, -0.2) is 0 Å². The first-order chi connectivity index (χ1) is 7.61. The SMILES string of the molecule is CCOC(=O)CC(=O)NCc1ccc(C)o1. The van der Waals surface area contributed by atoms with E-state index in [4.69, 9.17) is 4.42 Å². The van der Waals surface area contributed by atoms with Crippen molar-refractivity contribution in [2.75, 3.05) is 6.61 Å². The van der Waals surface area contributed by atoms with Crippen LogP contribution in [0, 0.1) is 6.92 Å². The molecule has 0 aromatic carbocycles. The highest BCUT2D eigenvalue weighted by Gasteiger charge is 2.10. The first kappa shape index (κ1) is 12.3. The minimum atomic E-state index is -0.518. The van der Waals surface area contributed by atoms with E-state index >= 15 is 0 Å². The van der Waals surface area contributed by atoms with Crippen LogP contribution in [-0.4, -0.2) is 18.5 Å². The van der Waals surface area contributed by atoms with Crippen molar-refractivity contribution in [3.63, 3.8) is 0 Å². The summed E-state index contributed by atoms with van der Waals surface area (Å²) >= 11 is 0. The maximum Gasteiger partial charge on any atom is 0.315 e. The van der Waals surface area contributed by atoms with Crippen LogP contribution in [0.4, 0.5) is 0 Å². The van der Waals surface area contributed by atoms with Gasteiger partial charge in [-0.05, 0) is 26.0 Å². The van der Waals surface area contributed by atoms with E-state index in [1.807, 2.05) is 13.0 Å². The number of amides is 1. The number of nitrogens with one attached hydrogen (secondary N) is 1. The fourth-order valence-electron chi connectivity index (χ4n) is 1.17. The minimum Gasteiger partial charge on any atom is -0.466 e. The molecule has 5 nitrogen and oxygen atoms in total. The lowest BCUT2D eigenvalue weighted by Crippen LogP contribution is -2.25. The Hall–Kier alpha value is -1.78. The molecule has 0 fully saturated rings. The van der Waals surface area contributed by atoms with Crippen molar-refractivity contribution in [2.45, 2.75) is 26.8 Å². The van der Waals surface area contributed by atoms with E-state index in [0.717, 1.165) is 5.76 Å². The molecule has 1 heterocycles. The van der Waals surface area contributed by atoms with Crippen molar-refractivity contribution in [3.05, 3.63) is 23.7 Å². The zero-order valence-electron chi connectivity index (χ0n) is 9.41. The molecular formula is C11H15NO4. The second-order valence-electron chi connectivity index (χ2n) is 3.27. The van der Waals surface area contributed by atoms with Gasteiger partial charge in [-0.1, -0.05) is 0 Å². The Balaban J connectivity index is 2.27. The topological polar surface area (TPSA) is 68.5 Å². The molecule has 0 bridgehead atoms. The van der Waals surface area contributed by atoms with Gasteiger partial charge in [0.1, 0.15) is 17.9 Å². The number of ether oxygens (including phenoxy) is 1. The van der Waals surface area contributed by atoms with E-state index in [2.05, 4.69) is 10.1 Å². The van der Waals surface area contributed by atoms with E-state index in [0.29, 0.717) is 5.76 Å². The van der Waals surface area contributed by atoms with E-state index < -0.39 is 5.97 Å². The number of carbonyl (C=O) groups is 2. The molecule has 0 unspecified atom stereocenters. The lowest BCUT2D eigenvalue weighted by molar-refractivity contribution is -0.146. The standard InChI is InChI=1S/C11H15NO4/c1-3-15-11(14)6-10(13)12-7-9-5-4-8(2)16-9/h4-5H,3,6-7H2,1-2H3,(H,12,13). The van der Waals surface area contributed by atoms with Gasteiger partial charge in [0.05, 0.1) is 13.2 Å². The molecule has 1 amide bonds. The molecule has 0 saturated carbocycles. The number of furan rings is 1. The van der Waals surface area contributed by atoms with Crippen LogP contribution in [0.5, 0.6) is 0 Å². The summed E-state index contributed by atoms with van der Waals surface area (Å²) in [6.45, 7) is 4.08. The summed E-state index contributed by atoms with van der Waals surface area (Å²) < 4.78 is 9.90. The molecule has 5 heteroatoms. The molecule has 0 aliphatic carbocycles. The van der Waals surface area contributed by atoms with Crippen LogP contribution in [0.3, 0.4) is 0 Å². The molecule has 1 aromatic heterocycles. The van der Waals surface area contributed by atoms with Gasteiger partial charge in [-0.15, -0.1) is 0 Å². The van der Waals surface area contributed by atoms with Crippen molar-refractivity contribution in [1.29, 1.82) is 0 Å². The predicted molar refractivity (Wildman–Crippen MR) is 56.5 cm³/mol. The lowest BCUT2D eigenvalue weighted by Gasteiger charge is -2.03. The third-order valence-electron chi connectivity index (χ3n) is 1.87. The molecule has 0 aliphatic rings. The lowest BCUT2D eigenvalue weighted by atomic mass is 10.4. The smallest absolute Gasteiger partial charge is 0.315 e. The molecule has 0 aliphatic heterocycles. The molecular weight excluding hydrogens is 210 g/mol. The van der Waals surface area contributed by atoms with Gasteiger partial charge < -0.3 is 14.5 Å². The van der Waals surface area contributed by atoms with Crippen LogP contribution < -0.4 is 5.32 Å². The number of hydrogen-bond donors (Lipinski definition) is 1. The first-order valence-electron chi connectivity index (χ1n) is 5.09. The monoisotopic (exact) mass is 225 g/mol. The fraction of sp³-hybridized carbons (Fsp3) is 0.455. The maximum atomic E-state index is 11.3. The van der Waals surface area contributed by atoms with Crippen molar-refractivity contribution in [3.8, 4) is 0 Å². The highest BCUT2D eigenvalue weighted by molar-refractivity contribution is 5.94. The molecule has 16 heavy (non-hydrogen) atoms. The van der Waals surface area contributed by atoms with Crippen molar-refractivity contribution in [1.82, 2.24) is 5.32 Å². The first-order valence-corrected chi connectivity index (χ1v) is 5.09. The Bertz CT molecular complexity index is 370. The summed E-state index contributed by atoms with van der Waals surface area (Å²) in [4.78, 5) is 22.2. The Morgan fingerprint density at radius 2 is 2.19 bits per heavy atom. The number of aryl methyl sites for hydroxylation is 1. The van der Waals surface area contributed by atoms with Gasteiger partial charge in [0.15, 0.2) is 0 Å². The summed E-state index contributed by atoms with van der Waals surface area (Å²) in [6.07, 6.45) is -0.256. The zero-order valence-corrected chi connectivity index (χ0v) is 9.41. The van der Waals surface area contributed by atoms with E-state index in [-0.39, 0.29) is 25.5 Å². The maximum absolute atomic E-state index is 11.3. The van der Waals surface area contributed by atoms with Crippen LogP contribution >= 0.6 is 0 Å². The van der Waals surface area contributed by atoms with E-state index in [1.165, 1.54) is 0 Å². The molecule has 0 radical (unpaired) electrons. The summed E-state index contributed by atoms with van der Waals surface area (Å²) in [5.74, 6) is 0.562. The van der Waals surface area contributed by atoms with Crippen LogP contribution in [0.15, 0.2) is 16.5 Å². The largest absolute Gasteiger partial charge is 0.466 e. The Morgan fingerprint density at radius 1 is 1.44 bits per heavy atom. The van der Waals surface area contributed by atoms with Gasteiger partial charge >= 0.3 is 5.97 Å². The van der Waals surface area contributed by atoms with E-state index in [1.54, 1.807) is 13.0 Å². The minimum absolute atomic E-state index is 0.256. The Kier molecular flexibility index (Phi) is 4.57. The van der Waals surface area contributed by atoms with Crippen molar-refractivity contribution in [2.24, 2.45) is 0 Å². The normalized spacial score (nSPS) is 9.88. The Morgan fingerprint density at radius 3 is 2.75 bits per heavy atom. The summed E-state index contributed by atoms with van der Waals surface area (Å²) in [5.41, 5.74) is 0. The average molecular weight is 225 g/mol. The van der Waals surface area contributed by atoms with Crippen LogP contribution in [0.1, 0.15) is 24.9 Å². The molecule has 88 valence electrons. The second kappa shape index (κ2) is 5.95. The quantitative estimate of drug-likeness (QED) is 0.603. The van der Waals surface area contributed by atoms with Crippen molar-refractivity contribution >= 4 is 11.9 Å². The van der Waals surface area contributed by atoms with Gasteiger partial charge in [-0.2, -0.15) is 0 Å². The van der Waals surface area contributed by atoms with Gasteiger partial charge in [-0.3, -0.25) is 9.59 Å². The highest BCUT2D eigenvalue weighted by Crippen LogP contribution is 2.05. The summed E-state index contributed by atoms with van der Waals surface area (Å²) in [7, 11) is 0. The van der Waals surface area contributed by atoms with Crippen LogP contribution in [0.2, 0.25) is 0 Å². The second-order valence-corrected chi connectivity index (χ2v) is 3.27. The molecule has 0 saturated heterocycles. The third kappa shape index (κ3) is 4.16. The fourth-order valence-corrected chi connectivity index (χ4v) is 1.17. The van der Waals surface area contributed by atoms with Crippen molar-refractivity contribution < 1.29 is 18.7 Å². The summed E-state index contributed by atoms with van der Waals surface area (Å²) in [5, 5.41) is 2.57. The number of hydrogen-bond acceptors (Lipinski definition) is 4. The molecule has 1 rings (SSSR count). The highest BCUT2D eigenvalue weighted by atomic mass is 16.5. The molecule has 0 spiro atoms.